The molecule has 0 aromatic heterocycles. The van der Waals surface area contributed by atoms with E-state index in [1.165, 1.54) is 0 Å². The standard InChI is InChI=1S/C23H48N2Si2/c1-14-15(2)19(6)22(18(14)5)26(9,10)24-13-25-27(11,12)23-20(7)16(3)17(4)21(23)8/h14-18,20,22-25H,13H2,1-12H3. The lowest BCUT2D eigenvalue weighted by molar-refractivity contribution is 0.381. The van der Waals surface area contributed by atoms with Crippen molar-refractivity contribution < 1.29 is 0 Å². The molecule has 0 aliphatic heterocycles. The third-order valence-electron chi connectivity index (χ3n) is 9.35. The first-order chi connectivity index (χ1) is 12.2. The van der Waals surface area contributed by atoms with Gasteiger partial charge in [-0.05, 0) is 58.4 Å². The summed E-state index contributed by atoms with van der Waals surface area (Å²) in [6.45, 7) is 30.9. The molecule has 0 heterocycles. The largest absolute Gasteiger partial charge is 0.326 e. The molecule has 2 N–H and O–H groups in total. The molecule has 27 heavy (non-hydrogen) atoms. The first-order valence-electron chi connectivity index (χ1n) is 11.4. The molecule has 2 aliphatic carbocycles. The maximum Gasteiger partial charge on any atom is 0.124 e. The summed E-state index contributed by atoms with van der Waals surface area (Å²) in [5, 5.41) is 0. The van der Waals surface area contributed by atoms with E-state index in [2.05, 4.69) is 91.5 Å². The molecule has 2 fully saturated rings. The fourth-order valence-corrected chi connectivity index (χ4v) is 14.7. The Morgan fingerprint density at radius 3 is 1.11 bits per heavy atom. The van der Waals surface area contributed by atoms with Gasteiger partial charge in [-0.3, -0.25) is 0 Å². The Morgan fingerprint density at radius 2 is 0.889 bits per heavy atom. The number of hydrogen-bond acceptors (Lipinski definition) is 2. The second kappa shape index (κ2) is 8.24. The van der Waals surface area contributed by atoms with Gasteiger partial charge in [0.2, 0.25) is 0 Å². The maximum absolute atomic E-state index is 4.07. The van der Waals surface area contributed by atoms with E-state index in [0.29, 0.717) is 0 Å². The molecule has 8 unspecified atom stereocenters. The molecule has 0 aromatic rings. The van der Waals surface area contributed by atoms with Crippen LogP contribution in [0.2, 0.25) is 37.3 Å². The van der Waals surface area contributed by atoms with Crippen molar-refractivity contribution in [3.63, 3.8) is 0 Å². The van der Waals surface area contributed by atoms with Crippen molar-refractivity contribution in [2.75, 3.05) is 6.67 Å². The first-order valence-corrected chi connectivity index (χ1v) is 17.6. The van der Waals surface area contributed by atoms with Crippen molar-refractivity contribution >= 4 is 16.5 Å². The molecule has 0 spiro atoms. The summed E-state index contributed by atoms with van der Waals surface area (Å²) < 4.78 is 0. The molecule has 2 radical (unpaired) electrons. The van der Waals surface area contributed by atoms with Crippen molar-refractivity contribution in [1.29, 1.82) is 0 Å². The zero-order chi connectivity index (χ0) is 20.9. The van der Waals surface area contributed by atoms with Crippen LogP contribution in [0.15, 0.2) is 0 Å². The lowest BCUT2D eigenvalue weighted by Crippen LogP contribution is -2.60. The molecule has 2 saturated carbocycles. The smallest absolute Gasteiger partial charge is 0.124 e. The third kappa shape index (κ3) is 4.29. The summed E-state index contributed by atoms with van der Waals surface area (Å²) >= 11 is 0. The second-order valence-corrected chi connectivity index (χ2v) is 20.3. The molecule has 0 amide bonds. The third-order valence-corrected chi connectivity index (χ3v) is 16.6. The Kier molecular flexibility index (Phi) is 7.21. The van der Waals surface area contributed by atoms with E-state index in [0.717, 1.165) is 53.3 Å². The van der Waals surface area contributed by atoms with Gasteiger partial charge in [0, 0.05) is 6.67 Å². The van der Waals surface area contributed by atoms with Crippen LogP contribution < -0.4 is 9.96 Å². The van der Waals surface area contributed by atoms with Gasteiger partial charge in [-0.15, -0.1) is 0 Å². The van der Waals surface area contributed by atoms with Crippen LogP contribution >= 0.6 is 0 Å². The van der Waals surface area contributed by atoms with Gasteiger partial charge in [0.25, 0.3) is 0 Å². The molecule has 2 aliphatic rings. The van der Waals surface area contributed by atoms with Gasteiger partial charge < -0.3 is 9.96 Å². The molecule has 158 valence electrons. The molecule has 2 rings (SSSR count). The van der Waals surface area contributed by atoms with E-state index in [1.54, 1.807) is 11.8 Å². The van der Waals surface area contributed by atoms with Gasteiger partial charge in [-0.1, -0.05) is 81.6 Å². The summed E-state index contributed by atoms with van der Waals surface area (Å²) in [5.41, 5.74) is 1.60. The molecule has 4 heteroatoms. The molecular weight excluding hydrogens is 360 g/mol. The van der Waals surface area contributed by atoms with Crippen molar-refractivity contribution in [3.05, 3.63) is 11.8 Å². The Hall–Kier alpha value is 0.354. The quantitative estimate of drug-likeness (QED) is 0.397. The van der Waals surface area contributed by atoms with Crippen molar-refractivity contribution in [2.45, 2.75) is 92.7 Å². The van der Waals surface area contributed by atoms with Crippen LogP contribution in [0.25, 0.3) is 0 Å². The minimum atomic E-state index is -1.51. The predicted molar refractivity (Wildman–Crippen MR) is 126 cm³/mol. The summed E-state index contributed by atoms with van der Waals surface area (Å²) in [5.74, 6) is 8.33. The van der Waals surface area contributed by atoms with Crippen LogP contribution in [-0.2, 0) is 0 Å². The Balaban J connectivity index is 2.00. The lowest BCUT2D eigenvalue weighted by atomic mass is 9.92. The van der Waals surface area contributed by atoms with E-state index in [1.807, 2.05) is 0 Å². The van der Waals surface area contributed by atoms with Crippen LogP contribution in [0.1, 0.15) is 55.4 Å². The highest BCUT2D eigenvalue weighted by Gasteiger charge is 2.51. The van der Waals surface area contributed by atoms with Crippen LogP contribution in [0.3, 0.4) is 0 Å². The maximum atomic E-state index is 4.07. The highest BCUT2D eigenvalue weighted by Crippen LogP contribution is 2.55. The van der Waals surface area contributed by atoms with Gasteiger partial charge in [0.15, 0.2) is 0 Å². The van der Waals surface area contributed by atoms with Crippen molar-refractivity contribution in [1.82, 2.24) is 9.96 Å². The van der Waals surface area contributed by atoms with E-state index >= 15 is 0 Å². The Bertz CT molecular complexity index is 435. The van der Waals surface area contributed by atoms with Gasteiger partial charge in [-0.25, -0.2) is 0 Å². The van der Waals surface area contributed by atoms with E-state index in [4.69, 9.17) is 0 Å². The molecular formula is C23H48N2Si2. The number of rotatable bonds is 6. The highest BCUT2D eigenvalue weighted by molar-refractivity contribution is 6.78. The minimum absolute atomic E-state index is 0.775. The summed E-state index contributed by atoms with van der Waals surface area (Å²) in [4.78, 5) is 8.13. The average Bonchev–Trinajstić information content (AvgIpc) is 2.87. The molecule has 0 saturated heterocycles. The average molecular weight is 409 g/mol. The molecule has 0 bridgehead atoms. The Morgan fingerprint density at radius 1 is 0.593 bits per heavy atom. The van der Waals surface area contributed by atoms with Crippen molar-refractivity contribution in [2.24, 2.45) is 35.5 Å². The molecule has 2 nitrogen and oxygen atoms in total. The summed E-state index contributed by atoms with van der Waals surface area (Å²) in [7, 11) is -3.03. The van der Waals surface area contributed by atoms with Gasteiger partial charge in [0.1, 0.15) is 16.5 Å². The van der Waals surface area contributed by atoms with Gasteiger partial charge in [-0.2, -0.15) is 0 Å². The van der Waals surface area contributed by atoms with E-state index in [-0.39, 0.29) is 0 Å². The predicted octanol–water partition coefficient (Wildman–Crippen LogP) is 6.31. The minimum Gasteiger partial charge on any atom is -0.326 e. The number of hydrogen-bond donors (Lipinski definition) is 2. The van der Waals surface area contributed by atoms with Crippen LogP contribution in [-0.4, -0.2) is 23.1 Å². The zero-order valence-corrected chi connectivity index (χ0v) is 22.3. The molecule has 0 aromatic carbocycles. The molecule has 8 atom stereocenters. The fraction of sp³-hybridized carbons (Fsp3) is 0.913. The van der Waals surface area contributed by atoms with E-state index in [9.17, 15) is 0 Å². The second-order valence-electron chi connectivity index (χ2n) is 11.4. The lowest BCUT2D eigenvalue weighted by Gasteiger charge is -2.40. The monoisotopic (exact) mass is 408 g/mol. The topological polar surface area (TPSA) is 24.1 Å². The van der Waals surface area contributed by atoms with E-state index < -0.39 is 16.5 Å². The van der Waals surface area contributed by atoms with Gasteiger partial charge in [0.05, 0.1) is 0 Å². The highest BCUT2D eigenvalue weighted by atomic mass is 28.3. The first kappa shape index (κ1) is 23.6. The summed E-state index contributed by atoms with van der Waals surface area (Å²) in [6.07, 6.45) is 0. The normalized spacial score (nSPS) is 42.2. The zero-order valence-electron chi connectivity index (χ0n) is 20.3. The number of nitrogens with one attached hydrogen (secondary N) is 2. The summed E-state index contributed by atoms with van der Waals surface area (Å²) in [6, 6.07) is 0. The van der Waals surface area contributed by atoms with Crippen molar-refractivity contribution in [3.8, 4) is 0 Å². The SMILES string of the molecule is C[C]1C(C)C(C)C(C)C1[Si](C)(C)NCN[Si](C)(C)C1[C](C)C(C)C(C)C1C. The Labute approximate surface area is 173 Å². The van der Waals surface area contributed by atoms with Crippen LogP contribution in [0.4, 0.5) is 0 Å². The fourth-order valence-electron chi connectivity index (χ4n) is 6.92. The van der Waals surface area contributed by atoms with Crippen LogP contribution in [0.5, 0.6) is 0 Å². The van der Waals surface area contributed by atoms with Crippen LogP contribution in [0, 0.1) is 47.3 Å². The van der Waals surface area contributed by atoms with Gasteiger partial charge >= 0.3 is 0 Å².